The number of amides is 1. The van der Waals surface area contributed by atoms with Crippen LogP contribution in [0.15, 0.2) is 51.8 Å². The fourth-order valence-electron chi connectivity index (χ4n) is 3.96. The van der Waals surface area contributed by atoms with Gasteiger partial charge in [0.1, 0.15) is 11.4 Å². The Morgan fingerprint density at radius 1 is 1.23 bits per heavy atom. The highest BCUT2D eigenvalue weighted by molar-refractivity contribution is 7.89. The molecule has 1 aliphatic rings. The Morgan fingerprint density at radius 2 is 1.97 bits per heavy atom. The SMILES string of the molecule is Cc1c(C(=O)NCc2ccc(F)cc2)oc2ccc(S(=O)(=O)N3CCC[C@H](C)C3)cc12. The molecule has 0 radical (unpaired) electrons. The topological polar surface area (TPSA) is 79.6 Å². The van der Waals surface area contributed by atoms with Crippen LogP contribution in [-0.4, -0.2) is 31.7 Å². The second-order valence-corrected chi connectivity index (χ2v) is 10.1. The minimum Gasteiger partial charge on any atom is -0.451 e. The van der Waals surface area contributed by atoms with Crippen LogP contribution in [-0.2, 0) is 16.6 Å². The minimum absolute atomic E-state index is 0.137. The molecular weight excluding hydrogens is 419 g/mol. The number of nitrogens with one attached hydrogen (secondary N) is 1. The van der Waals surface area contributed by atoms with Crippen LogP contribution in [0.3, 0.4) is 0 Å². The maximum atomic E-state index is 13.1. The van der Waals surface area contributed by atoms with Gasteiger partial charge in [-0.1, -0.05) is 19.1 Å². The van der Waals surface area contributed by atoms with Crippen molar-refractivity contribution in [1.29, 1.82) is 0 Å². The van der Waals surface area contributed by atoms with E-state index >= 15 is 0 Å². The van der Waals surface area contributed by atoms with Gasteiger partial charge in [-0.25, -0.2) is 12.8 Å². The maximum absolute atomic E-state index is 13.1. The fourth-order valence-corrected chi connectivity index (χ4v) is 5.58. The Hall–Kier alpha value is -2.71. The first-order valence-electron chi connectivity index (χ1n) is 10.3. The van der Waals surface area contributed by atoms with Crippen LogP contribution in [0, 0.1) is 18.7 Å². The summed E-state index contributed by atoms with van der Waals surface area (Å²) >= 11 is 0. The van der Waals surface area contributed by atoms with Crippen molar-refractivity contribution in [2.75, 3.05) is 13.1 Å². The monoisotopic (exact) mass is 444 g/mol. The lowest BCUT2D eigenvalue weighted by atomic mass is 10.0. The molecule has 3 aromatic rings. The number of piperidine rings is 1. The number of aryl methyl sites for hydroxylation is 1. The third kappa shape index (κ3) is 4.36. The average Bonchev–Trinajstić information content (AvgIpc) is 3.09. The molecule has 1 aliphatic heterocycles. The number of halogens is 1. The van der Waals surface area contributed by atoms with Crippen LogP contribution in [0.25, 0.3) is 11.0 Å². The fraction of sp³-hybridized carbons (Fsp3) is 0.348. The summed E-state index contributed by atoms with van der Waals surface area (Å²) in [5.74, 6) is -0.280. The molecule has 1 N–H and O–H groups in total. The molecule has 1 fully saturated rings. The number of sulfonamides is 1. The Kier molecular flexibility index (Phi) is 5.85. The van der Waals surface area contributed by atoms with Crippen molar-refractivity contribution < 1.29 is 22.0 Å². The lowest BCUT2D eigenvalue weighted by Gasteiger charge is -2.30. The van der Waals surface area contributed by atoms with Gasteiger partial charge in [-0.05, 0) is 61.6 Å². The zero-order valence-electron chi connectivity index (χ0n) is 17.5. The number of nitrogens with zero attached hydrogens (tertiary/aromatic N) is 1. The zero-order chi connectivity index (χ0) is 22.2. The quantitative estimate of drug-likeness (QED) is 0.639. The van der Waals surface area contributed by atoms with Gasteiger partial charge in [0.15, 0.2) is 5.76 Å². The largest absolute Gasteiger partial charge is 0.451 e. The Bertz CT molecular complexity index is 1220. The van der Waals surface area contributed by atoms with E-state index in [9.17, 15) is 17.6 Å². The summed E-state index contributed by atoms with van der Waals surface area (Å²) in [7, 11) is -3.60. The molecule has 1 saturated heterocycles. The van der Waals surface area contributed by atoms with Crippen molar-refractivity contribution in [3.63, 3.8) is 0 Å². The predicted octanol–water partition coefficient (Wildman–Crippen LogP) is 4.23. The van der Waals surface area contributed by atoms with Gasteiger partial charge < -0.3 is 9.73 Å². The molecule has 8 heteroatoms. The van der Waals surface area contributed by atoms with Gasteiger partial charge in [-0.2, -0.15) is 4.31 Å². The first-order chi connectivity index (χ1) is 14.8. The van der Waals surface area contributed by atoms with Crippen molar-refractivity contribution in [1.82, 2.24) is 9.62 Å². The highest BCUT2D eigenvalue weighted by atomic mass is 32.2. The Morgan fingerprint density at radius 3 is 2.68 bits per heavy atom. The van der Waals surface area contributed by atoms with Crippen LogP contribution in [0.4, 0.5) is 4.39 Å². The van der Waals surface area contributed by atoms with Crippen LogP contribution < -0.4 is 5.32 Å². The van der Waals surface area contributed by atoms with Gasteiger partial charge in [0.05, 0.1) is 4.90 Å². The number of hydrogen-bond donors (Lipinski definition) is 1. The number of carbonyl (C=O) groups excluding carboxylic acids is 1. The first-order valence-corrected chi connectivity index (χ1v) is 11.8. The normalized spacial score (nSPS) is 17.7. The van der Waals surface area contributed by atoms with Crippen LogP contribution in [0.2, 0.25) is 0 Å². The van der Waals surface area contributed by atoms with Gasteiger partial charge in [0.2, 0.25) is 10.0 Å². The summed E-state index contributed by atoms with van der Waals surface area (Å²) in [6.45, 7) is 5.05. The lowest BCUT2D eigenvalue weighted by molar-refractivity contribution is 0.0924. The van der Waals surface area contributed by atoms with Crippen LogP contribution in [0.5, 0.6) is 0 Å². The molecule has 31 heavy (non-hydrogen) atoms. The zero-order valence-corrected chi connectivity index (χ0v) is 18.3. The highest BCUT2D eigenvalue weighted by Crippen LogP contribution is 2.30. The molecule has 4 rings (SSSR count). The van der Waals surface area contributed by atoms with E-state index < -0.39 is 15.9 Å². The van der Waals surface area contributed by atoms with Gasteiger partial charge in [-0.3, -0.25) is 4.79 Å². The molecule has 0 spiro atoms. The number of rotatable bonds is 5. The summed E-state index contributed by atoms with van der Waals surface area (Å²) in [6.07, 6.45) is 1.88. The summed E-state index contributed by atoms with van der Waals surface area (Å²) in [5.41, 5.74) is 1.79. The standard InChI is InChI=1S/C23H25FN2O4S/c1-15-4-3-11-26(14-15)31(28,29)19-9-10-21-20(12-19)16(2)22(30-21)23(27)25-13-17-5-7-18(24)8-6-17/h5-10,12,15H,3-4,11,13-14H2,1-2H3,(H,25,27)/t15-/m0/s1. The summed E-state index contributed by atoms with van der Waals surface area (Å²) in [5, 5.41) is 3.35. The molecule has 0 bridgehead atoms. The minimum atomic E-state index is -3.60. The average molecular weight is 445 g/mol. The number of carbonyl (C=O) groups is 1. The third-order valence-electron chi connectivity index (χ3n) is 5.74. The van der Waals surface area contributed by atoms with E-state index in [4.69, 9.17) is 4.42 Å². The van der Waals surface area contributed by atoms with E-state index in [0.29, 0.717) is 35.5 Å². The summed E-state index contributed by atoms with van der Waals surface area (Å²) in [6, 6.07) is 10.6. The van der Waals surface area contributed by atoms with E-state index in [1.54, 1.807) is 31.2 Å². The van der Waals surface area contributed by atoms with E-state index in [1.807, 2.05) is 0 Å². The molecular formula is C23H25FN2O4S. The van der Waals surface area contributed by atoms with Crippen molar-refractivity contribution in [2.24, 2.45) is 5.92 Å². The predicted molar refractivity (Wildman–Crippen MR) is 116 cm³/mol. The maximum Gasteiger partial charge on any atom is 0.287 e. The molecule has 2 heterocycles. The van der Waals surface area contributed by atoms with Crippen LogP contribution >= 0.6 is 0 Å². The van der Waals surface area contributed by atoms with Crippen molar-refractivity contribution >= 4 is 26.9 Å². The Balaban J connectivity index is 1.57. The number of furan rings is 1. The third-order valence-corrected chi connectivity index (χ3v) is 7.60. The second-order valence-electron chi connectivity index (χ2n) is 8.13. The molecule has 164 valence electrons. The van der Waals surface area contributed by atoms with Gasteiger partial charge in [0, 0.05) is 30.6 Å². The van der Waals surface area contributed by atoms with Crippen LogP contribution in [0.1, 0.15) is 41.4 Å². The van der Waals surface area contributed by atoms with Gasteiger partial charge in [-0.15, -0.1) is 0 Å². The van der Waals surface area contributed by atoms with E-state index in [2.05, 4.69) is 12.2 Å². The summed E-state index contributed by atoms with van der Waals surface area (Å²) in [4.78, 5) is 12.8. The molecule has 1 aromatic heterocycles. The smallest absolute Gasteiger partial charge is 0.287 e. The molecule has 0 aliphatic carbocycles. The number of fused-ring (bicyclic) bond motifs is 1. The number of hydrogen-bond acceptors (Lipinski definition) is 4. The van der Waals surface area contributed by atoms with Crippen molar-refractivity contribution in [2.45, 2.75) is 38.1 Å². The Labute approximate surface area is 181 Å². The first kappa shape index (κ1) is 21.5. The van der Waals surface area contributed by atoms with Gasteiger partial charge in [0.25, 0.3) is 5.91 Å². The van der Waals surface area contributed by atoms with Crippen molar-refractivity contribution in [3.05, 3.63) is 65.2 Å². The van der Waals surface area contributed by atoms with Crippen molar-refractivity contribution in [3.8, 4) is 0 Å². The lowest BCUT2D eigenvalue weighted by Crippen LogP contribution is -2.39. The number of benzene rings is 2. The molecule has 1 atom stereocenters. The van der Waals surface area contributed by atoms with E-state index in [-0.39, 0.29) is 23.0 Å². The van der Waals surface area contributed by atoms with E-state index in [1.165, 1.54) is 22.5 Å². The summed E-state index contributed by atoms with van der Waals surface area (Å²) < 4.78 is 46.5. The molecule has 0 saturated carbocycles. The second kappa shape index (κ2) is 8.43. The molecule has 1 amide bonds. The van der Waals surface area contributed by atoms with Gasteiger partial charge >= 0.3 is 0 Å². The molecule has 6 nitrogen and oxygen atoms in total. The molecule has 2 aromatic carbocycles. The van der Waals surface area contributed by atoms with E-state index in [0.717, 1.165) is 18.4 Å². The highest BCUT2D eigenvalue weighted by Gasteiger charge is 2.29. The molecule has 0 unspecified atom stereocenters.